The van der Waals surface area contributed by atoms with Gasteiger partial charge >= 0.3 is 0 Å². The molecule has 0 radical (unpaired) electrons. The van der Waals surface area contributed by atoms with Crippen LogP contribution in [0.4, 0.5) is 10.1 Å². The molecule has 2 rings (SSSR count). The van der Waals surface area contributed by atoms with Crippen LogP contribution in [0.3, 0.4) is 0 Å². The van der Waals surface area contributed by atoms with E-state index < -0.39 is 11.7 Å². The van der Waals surface area contributed by atoms with Gasteiger partial charge in [0.1, 0.15) is 5.82 Å². The number of carbonyl (C=O) groups is 2. The summed E-state index contributed by atoms with van der Waals surface area (Å²) in [5.41, 5.74) is 0.495. The average Bonchev–Trinajstić information content (AvgIpc) is 2.54. The number of nitrogens with one attached hydrogen (secondary N) is 2. The molecule has 0 aromatic heterocycles. The van der Waals surface area contributed by atoms with Crippen molar-refractivity contribution in [3.63, 3.8) is 0 Å². The number of benzene rings is 2. The van der Waals surface area contributed by atoms with Crippen LogP contribution >= 0.6 is 11.6 Å². The number of carbonyl (C=O) groups excluding carboxylic acids is 2. The zero-order chi connectivity index (χ0) is 17.7. The van der Waals surface area contributed by atoms with Gasteiger partial charge in [-0.3, -0.25) is 9.59 Å². The van der Waals surface area contributed by atoms with Gasteiger partial charge in [0, 0.05) is 11.1 Å². The molecule has 2 amide bonds. The Morgan fingerprint density at radius 2 is 1.83 bits per heavy atom. The van der Waals surface area contributed by atoms with Crippen LogP contribution in [-0.2, 0) is 0 Å². The maximum absolute atomic E-state index is 13.9. The topological polar surface area (TPSA) is 58.2 Å². The van der Waals surface area contributed by atoms with Crippen molar-refractivity contribution in [2.75, 3.05) is 5.32 Å². The molecule has 0 aliphatic heterocycles. The highest BCUT2D eigenvalue weighted by atomic mass is 35.5. The molecule has 2 aromatic rings. The molecular formula is C18H18ClFN2O2. The van der Waals surface area contributed by atoms with Crippen molar-refractivity contribution >= 4 is 29.1 Å². The number of hydrogen-bond acceptors (Lipinski definition) is 2. The lowest BCUT2D eigenvalue weighted by Crippen LogP contribution is -2.32. The largest absolute Gasteiger partial charge is 0.350 e. The first kappa shape index (κ1) is 17.9. The number of hydrogen-bond donors (Lipinski definition) is 2. The van der Waals surface area contributed by atoms with Gasteiger partial charge in [-0.15, -0.1) is 0 Å². The van der Waals surface area contributed by atoms with Gasteiger partial charge in [-0.1, -0.05) is 30.7 Å². The average molecular weight is 349 g/mol. The van der Waals surface area contributed by atoms with E-state index >= 15 is 0 Å². The fraction of sp³-hybridized carbons (Fsp3) is 0.222. The van der Waals surface area contributed by atoms with E-state index in [1.54, 1.807) is 24.3 Å². The Morgan fingerprint density at radius 3 is 2.50 bits per heavy atom. The molecule has 4 nitrogen and oxygen atoms in total. The maximum Gasteiger partial charge on any atom is 0.258 e. The van der Waals surface area contributed by atoms with Gasteiger partial charge in [0.25, 0.3) is 11.8 Å². The molecule has 0 bridgehead atoms. The second kappa shape index (κ2) is 7.93. The van der Waals surface area contributed by atoms with E-state index in [-0.39, 0.29) is 22.5 Å². The van der Waals surface area contributed by atoms with Crippen LogP contribution in [-0.4, -0.2) is 17.9 Å². The summed E-state index contributed by atoms with van der Waals surface area (Å²) in [5, 5.41) is 5.62. The van der Waals surface area contributed by atoms with Crippen LogP contribution in [0.25, 0.3) is 0 Å². The van der Waals surface area contributed by atoms with E-state index in [2.05, 4.69) is 10.6 Å². The minimum atomic E-state index is -0.721. The minimum absolute atomic E-state index is 0.00923. The molecule has 0 fully saturated rings. The molecule has 24 heavy (non-hydrogen) atoms. The predicted molar refractivity (Wildman–Crippen MR) is 93.0 cm³/mol. The Morgan fingerprint density at radius 1 is 1.12 bits per heavy atom. The van der Waals surface area contributed by atoms with Crippen LogP contribution in [0.2, 0.25) is 5.02 Å². The summed E-state index contributed by atoms with van der Waals surface area (Å²) in [7, 11) is 0. The van der Waals surface area contributed by atoms with E-state index in [0.717, 1.165) is 12.5 Å². The second-order valence-electron chi connectivity index (χ2n) is 5.41. The van der Waals surface area contributed by atoms with E-state index in [4.69, 9.17) is 11.6 Å². The third kappa shape index (κ3) is 4.32. The summed E-state index contributed by atoms with van der Waals surface area (Å²) in [6.07, 6.45) is 0.788. The van der Waals surface area contributed by atoms with Gasteiger partial charge < -0.3 is 10.6 Å². The molecule has 2 aromatic carbocycles. The Bertz CT molecular complexity index is 764. The fourth-order valence-corrected chi connectivity index (χ4v) is 2.22. The number of anilines is 1. The highest BCUT2D eigenvalue weighted by Crippen LogP contribution is 2.19. The quantitative estimate of drug-likeness (QED) is 0.848. The zero-order valence-corrected chi connectivity index (χ0v) is 14.2. The van der Waals surface area contributed by atoms with Crippen molar-refractivity contribution in [3.8, 4) is 0 Å². The second-order valence-corrected chi connectivity index (χ2v) is 5.84. The van der Waals surface area contributed by atoms with Crippen molar-refractivity contribution in [2.45, 2.75) is 26.3 Å². The molecular weight excluding hydrogens is 331 g/mol. The summed E-state index contributed by atoms with van der Waals surface area (Å²) in [5.74, 6) is -1.66. The zero-order valence-electron chi connectivity index (χ0n) is 13.4. The lowest BCUT2D eigenvalue weighted by Gasteiger charge is -2.14. The predicted octanol–water partition coefficient (Wildman–Crippen LogP) is 4.26. The van der Waals surface area contributed by atoms with Crippen molar-refractivity contribution < 1.29 is 14.0 Å². The molecule has 0 saturated carbocycles. The van der Waals surface area contributed by atoms with Gasteiger partial charge in [0.05, 0.1) is 16.8 Å². The van der Waals surface area contributed by atoms with Crippen molar-refractivity contribution in [3.05, 3.63) is 64.4 Å². The minimum Gasteiger partial charge on any atom is -0.350 e. The van der Waals surface area contributed by atoms with Crippen molar-refractivity contribution in [1.82, 2.24) is 5.32 Å². The standard InChI is InChI=1S/C18H18ClFN2O2/c1-3-11(2)21-18(24)14-6-4-5-7-16(14)22-17(23)13-9-8-12(19)10-15(13)20/h4-11H,3H2,1-2H3,(H,21,24)(H,22,23). The molecule has 0 heterocycles. The number of amides is 2. The number of rotatable bonds is 5. The highest BCUT2D eigenvalue weighted by Gasteiger charge is 2.17. The Balaban J connectivity index is 2.23. The van der Waals surface area contributed by atoms with Crippen molar-refractivity contribution in [1.29, 1.82) is 0 Å². The first-order valence-electron chi connectivity index (χ1n) is 7.58. The van der Waals surface area contributed by atoms with Gasteiger partial charge in [-0.2, -0.15) is 0 Å². The molecule has 126 valence electrons. The summed E-state index contributed by atoms with van der Waals surface area (Å²) >= 11 is 5.69. The molecule has 2 N–H and O–H groups in total. The molecule has 1 unspecified atom stereocenters. The van der Waals surface area contributed by atoms with Crippen LogP contribution in [0, 0.1) is 5.82 Å². The Kier molecular flexibility index (Phi) is 5.93. The van der Waals surface area contributed by atoms with E-state index in [0.29, 0.717) is 11.3 Å². The van der Waals surface area contributed by atoms with E-state index in [1.807, 2.05) is 13.8 Å². The molecule has 0 saturated heterocycles. The molecule has 1 atom stereocenters. The Labute approximate surface area is 145 Å². The van der Waals surface area contributed by atoms with Gasteiger partial charge in [-0.05, 0) is 43.7 Å². The first-order chi connectivity index (χ1) is 11.4. The summed E-state index contributed by atoms with van der Waals surface area (Å²) in [6.45, 7) is 3.85. The third-order valence-electron chi connectivity index (χ3n) is 3.59. The van der Waals surface area contributed by atoms with Gasteiger partial charge in [0.15, 0.2) is 0 Å². The van der Waals surface area contributed by atoms with Gasteiger partial charge in [0.2, 0.25) is 0 Å². The van der Waals surface area contributed by atoms with Crippen LogP contribution < -0.4 is 10.6 Å². The van der Waals surface area contributed by atoms with Crippen LogP contribution in [0.5, 0.6) is 0 Å². The van der Waals surface area contributed by atoms with Crippen LogP contribution in [0.15, 0.2) is 42.5 Å². The molecule has 6 heteroatoms. The Hall–Kier alpha value is -2.40. The molecule has 0 aliphatic carbocycles. The third-order valence-corrected chi connectivity index (χ3v) is 3.82. The SMILES string of the molecule is CCC(C)NC(=O)c1ccccc1NC(=O)c1ccc(Cl)cc1F. The van der Waals surface area contributed by atoms with Crippen LogP contribution in [0.1, 0.15) is 41.0 Å². The lowest BCUT2D eigenvalue weighted by molar-refractivity contribution is 0.0940. The summed E-state index contributed by atoms with van der Waals surface area (Å²) in [6, 6.07) is 10.4. The van der Waals surface area contributed by atoms with Crippen molar-refractivity contribution in [2.24, 2.45) is 0 Å². The summed E-state index contributed by atoms with van der Waals surface area (Å²) < 4.78 is 13.9. The van der Waals surface area contributed by atoms with E-state index in [1.165, 1.54) is 12.1 Å². The molecule has 0 aliphatic rings. The number of para-hydroxylation sites is 1. The summed E-state index contributed by atoms with van der Waals surface area (Å²) in [4.78, 5) is 24.6. The molecule has 0 spiro atoms. The lowest BCUT2D eigenvalue weighted by atomic mass is 10.1. The first-order valence-corrected chi connectivity index (χ1v) is 7.96. The monoisotopic (exact) mass is 348 g/mol. The normalized spacial score (nSPS) is 11.7. The highest BCUT2D eigenvalue weighted by molar-refractivity contribution is 6.30. The maximum atomic E-state index is 13.9. The fourth-order valence-electron chi connectivity index (χ4n) is 2.06. The number of halogens is 2. The van der Waals surface area contributed by atoms with Gasteiger partial charge in [-0.25, -0.2) is 4.39 Å². The van der Waals surface area contributed by atoms with E-state index in [9.17, 15) is 14.0 Å². The smallest absolute Gasteiger partial charge is 0.258 e.